The van der Waals surface area contributed by atoms with E-state index < -0.39 is 15.9 Å². The van der Waals surface area contributed by atoms with E-state index in [2.05, 4.69) is 50.8 Å². The van der Waals surface area contributed by atoms with Gasteiger partial charge in [0.05, 0.1) is 10.5 Å². The molecule has 8 rings (SSSR count). The highest BCUT2D eigenvalue weighted by molar-refractivity contribution is 7.90. The number of nitrogens with two attached hydrogens (primary N) is 1. The molecule has 2 fully saturated rings. The van der Waals surface area contributed by atoms with Crippen LogP contribution in [0.5, 0.6) is 11.5 Å². The Hall–Kier alpha value is -4.81. The predicted octanol–water partition coefficient (Wildman–Crippen LogP) is 9.51. The molecule has 12 heteroatoms. The van der Waals surface area contributed by atoms with Crippen molar-refractivity contribution in [1.29, 1.82) is 0 Å². The smallest absolute Gasteiger partial charge is 0.268 e. The first-order valence-electron chi connectivity index (χ1n) is 20.8. The SMILES string of the molecule is Cc1cc(S(=O)(=O)NC(=O)c2ccc(N3CCN(CC4=C(c5ccc(Cl)cc5)CC(C)(C)CC4)CC3)cc2Oc2ccc3[nH]ccc3c2)ccc1NC1CCCCC1N. The second-order valence-corrected chi connectivity index (χ2v) is 19.4. The van der Waals surface area contributed by atoms with Crippen LogP contribution in [-0.4, -0.2) is 69.0 Å². The molecule has 310 valence electrons. The van der Waals surface area contributed by atoms with E-state index in [1.165, 1.54) is 29.2 Å². The summed E-state index contributed by atoms with van der Waals surface area (Å²) >= 11 is 6.25. The monoisotopic (exact) mass is 834 g/mol. The number of carbonyl (C=O) groups is 1. The van der Waals surface area contributed by atoms with Gasteiger partial charge < -0.3 is 25.7 Å². The van der Waals surface area contributed by atoms with E-state index in [1.54, 1.807) is 18.2 Å². The van der Waals surface area contributed by atoms with Gasteiger partial charge in [-0.25, -0.2) is 13.1 Å². The lowest BCUT2D eigenvalue weighted by atomic mass is 9.72. The van der Waals surface area contributed by atoms with Gasteiger partial charge in [0.15, 0.2) is 0 Å². The minimum atomic E-state index is -4.22. The molecule has 0 spiro atoms. The summed E-state index contributed by atoms with van der Waals surface area (Å²) in [5, 5.41) is 5.22. The molecule has 1 amide bonds. The maximum absolute atomic E-state index is 13.9. The number of aromatic amines is 1. The van der Waals surface area contributed by atoms with Crippen LogP contribution in [0.25, 0.3) is 16.5 Å². The van der Waals surface area contributed by atoms with E-state index in [0.29, 0.717) is 5.75 Å². The molecule has 2 atom stereocenters. The van der Waals surface area contributed by atoms with Gasteiger partial charge in [-0.3, -0.25) is 9.69 Å². The molecule has 2 aliphatic carbocycles. The number of hydrogen-bond donors (Lipinski definition) is 4. The zero-order chi connectivity index (χ0) is 41.3. The van der Waals surface area contributed by atoms with Crippen molar-refractivity contribution in [2.45, 2.75) is 82.7 Å². The summed E-state index contributed by atoms with van der Waals surface area (Å²) in [6, 6.07) is 26.3. The van der Waals surface area contributed by atoms with Gasteiger partial charge >= 0.3 is 0 Å². The molecule has 0 bridgehead atoms. The standard InChI is InChI=1S/C47H55ClN6O4S/c1-31-26-38(14-17-42(31)51-44-7-5-4-6-41(44)49)59(56,57)52-46(55)39-15-12-36(28-45(39)58-37-13-16-43-33(27-37)19-21-50-43)54-24-22-53(23-25-54)30-34-18-20-47(2,3)29-40(34)32-8-10-35(48)11-9-32/h8-17,19,21,26-28,41,44,50-51H,4-7,18,20,22-25,29-30,49H2,1-3H3,(H,52,55). The highest BCUT2D eigenvalue weighted by atomic mass is 35.5. The van der Waals surface area contributed by atoms with Crippen LogP contribution in [0.3, 0.4) is 0 Å². The summed E-state index contributed by atoms with van der Waals surface area (Å²) in [6.07, 6.45) is 9.31. The largest absolute Gasteiger partial charge is 0.456 e. The van der Waals surface area contributed by atoms with Crippen molar-refractivity contribution >= 4 is 55.4 Å². The van der Waals surface area contributed by atoms with Crippen molar-refractivity contribution < 1.29 is 17.9 Å². The van der Waals surface area contributed by atoms with E-state index >= 15 is 0 Å². The van der Waals surface area contributed by atoms with Crippen molar-refractivity contribution in [1.82, 2.24) is 14.6 Å². The second kappa shape index (κ2) is 17.0. The Balaban J connectivity index is 0.998. The Labute approximate surface area is 353 Å². The number of anilines is 2. The van der Waals surface area contributed by atoms with E-state index in [1.807, 2.05) is 61.7 Å². The fraction of sp³-hybridized carbons (Fsp3) is 0.383. The number of H-pyrrole nitrogens is 1. The first-order valence-corrected chi connectivity index (χ1v) is 22.7. The van der Waals surface area contributed by atoms with Crippen LogP contribution in [-0.2, 0) is 10.0 Å². The number of hydrogen-bond acceptors (Lipinski definition) is 8. The topological polar surface area (TPSA) is 133 Å². The Morgan fingerprint density at radius 3 is 2.49 bits per heavy atom. The fourth-order valence-corrected chi connectivity index (χ4v) is 10.0. The number of amides is 1. The number of allylic oxidation sites excluding steroid dienone is 1. The molecule has 1 aliphatic heterocycles. The summed E-state index contributed by atoms with van der Waals surface area (Å²) in [7, 11) is -4.22. The molecule has 1 saturated heterocycles. The van der Waals surface area contributed by atoms with Crippen molar-refractivity contribution in [2.75, 3.05) is 42.9 Å². The van der Waals surface area contributed by atoms with E-state index in [9.17, 15) is 13.2 Å². The molecule has 10 nitrogen and oxygen atoms in total. The third-order valence-electron chi connectivity index (χ3n) is 12.4. The lowest BCUT2D eigenvalue weighted by Crippen LogP contribution is -2.47. The molecule has 4 aromatic carbocycles. The number of benzene rings is 4. The van der Waals surface area contributed by atoms with E-state index in [4.69, 9.17) is 22.1 Å². The zero-order valence-electron chi connectivity index (χ0n) is 34.2. The average Bonchev–Trinajstić information content (AvgIpc) is 3.69. The molecular weight excluding hydrogens is 780 g/mol. The first kappa shape index (κ1) is 40.9. The Morgan fingerprint density at radius 1 is 0.949 bits per heavy atom. The van der Waals surface area contributed by atoms with Gasteiger partial charge in [-0.1, -0.05) is 56.0 Å². The summed E-state index contributed by atoms with van der Waals surface area (Å²) in [5.74, 6) is 0.0370. The summed E-state index contributed by atoms with van der Waals surface area (Å²) in [5.41, 5.74) is 14.4. The number of sulfonamides is 1. The number of piperazine rings is 1. The van der Waals surface area contributed by atoms with Crippen LogP contribution < -0.4 is 25.4 Å². The van der Waals surface area contributed by atoms with Crippen molar-refractivity contribution in [2.24, 2.45) is 11.1 Å². The van der Waals surface area contributed by atoms with Gasteiger partial charge in [0.25, 0.3) is 15.9 Å². The number of nitrogens with one attached hydrogen (secondary N) is 3. The number of rotatable bonds is 11. The molecule has 3 aliphatic rings. The minimum Gasteiger partial charge on any atom is -0.456 e. The number of aryl methyl sites for hydroxylation is 1. The fourth-order valence-electron chi connectivity index (χ4n) is 8.84. The number of carbonyl (C=O) groups excluding carboxylic acids is 1. The molecule has 2 unspecified atom stereocenters. The predicted molar refractivity (Wildman–Crippen MR) is 239 cm³/mol. The number of halogens is 1. The quantitative estimate of drug-likeness (QED) is 0.104. The Kier molecular flexibility index (Phi) is 11.8. The lowest BCUT2D eigenvalue weighted by molar-refractivity contribution is 0.0979. The Bertz CT molecular complexity index is 2470. The highest BCUT2D eigenvalue weighted by Gasteiger charge is 2.30. The number of nitrogens with zero attached hydrogens (tertiary/aromatic N) is 2. The van der Waals surface area contributed by atoms with Crippen LogP contribution >= 0.6 is 11.6 Å². The van der Waals surface area contributed by atoms with E-state index in [0.717, 1.165) is 104 Å². The number of ether oxygens (including phenoxy) is 1. The number of aromatic nitrogens is 1. The van der Waals surface area contributed by atoms with Gasteiger partial charge in [0, 0.05) is 84.4 Å². The first-order chi connectivity index (χ1) is 28.3. The van der Waals surface area contributed by atoms with Gasteiger partial charge in [0.2, 0.25) is 0 Å². The molecule has 5 N–H and O–H groups in total. The minimum absolute atomic E-state index is 0.00435. The van der Waals surface area contributed by atoms with Gasteiger partial charge in [-0.05, 0) is 128 Å². The van der Waals surface area contributed by atoms with Crippen molar-refractivity contribution in [3.05, 3.63) is 118 Å². The van der Waals surface area contributed by atoms with Gasteiger partial charge in [0.1, 0.15) is 11.5 Å². The average molecular weight is 836 g/mol. The van der Waals surface area contributed by atoms with Gasteiger partial charge in [-0.2, -0.15) is 0 Å². The van der Waals surface area contributed by atoms with Crippen LogP contribution in [0.1, 0.15) is 80.3 Å². The van der Waals surface area contributed by atoms with Crippen LogP contribution in [0, 0.1) is 12.3 Å². The third kappa shape index (κ3) is 9.49. The molecule has 1 saturated carbocycles. The summed E-state index contributed by atoms with van der Waals surface area (Å²) in [6.45, 7) is 10.8. The molecule has 1 aromatic heterocycles. The van der Waals surface area contributed by atoms with E-state index in [-0.39, 0.29) is 33.7 Å². The molecule has 0 radical (unpaired) electrons. The van der Waals surface area contributed by atoms with Crippen LogP contribution in [0.15, 0.2) is 102 Å². The van der Waals surface area contributed by atoms with Crippen LogP contribution in [0.4, 0.5) is 11.4 Å². The maximum Gasteiger partial charge on any atom is 0.268 e. The molecule has 59 heavy (non-hydrogen) atoms. The lowest BCUT2D eigenvalue weighted by Gasteiger charge is -2.39. The molecule has 5 aromatic rings. The van der Waals surface area contributed by atoms with Crippen molar-refractivity contribution in [3.63, 3.8) is 0 Å². The normalized spacial score (nSPS) is 20.1. The Morgan fingerprint density at radius 2 is 1.73 bits per heavy atom. The maximum atomic E-state index is 13.9. The van der Waals surface area contributed by atoms with Crippen LogP contribution in [0.2, 0.25) is 5.02 Å². The molecular formula is C47H55ClN6O4S. The third-order valence-corrected chi connectivity index (χ3v) is 14.0. The van der Waals surface area contributed by atoms with Gasteiger partial charge in [-0.15, -0.1) is 0 Å². The van der Waals surface area contributed by atoms with Crippen molar-refractivity contribution in [3.8, 4) is 11.5 Å². The number of fused-ring (bicyclic) bond motifs is 1. The summed E-state index contributed by atoms with van der Waals surface area (Å²) in [4.78, 5) is 22.0. The molecule has 2 heterocycles. The zero-order valence-corrected chi connectivity index (χ0v) is 35.8. The summed E-state index contributed by atoms with van der Waals surface area (Å²) < 4.78 is 36.2. The highest BCUT2D eigenvalue weighted by Crippen LogP contribution is 2.43. The second-order valence-electron chi connectivity index (χ2n) is 17.3.